The predicted octanol–water partition coefficient (Wildman–Crippen LogP) is -1.63. The summed E-state index contributed by atoms with van der Waals surface area (Å²) in [6.45, 7) is 3.58. The predicted molar refractivity (Wildman–Crippen MR) is 75.1 cm³/mol. The van der Waals surface area contributed by atoms with Gasteiger partial charge in [-0.15, -0.1) is 0 Å². The van der Waals surface area contributed by atoms with E-state index in [1.165, 1.54) is 6.92 Å². The minimum absolute atomic E-state index is 0.150. The van der Waals surface area contributed by atoms with Gasteiger partial charge in [0.2, 0.25) is 11.8 Å². The molecule has 1 aliphatic heterocycles. The second-order valence-electron chi connectivity index (χ2n) is 4.83. The summed E-state index contributed by atoms with van der Waals surface area (Å²) in [6.07, 6.45) is 2.11. The van der Waals surface area contributed by atoms with Gasteiger partial charge in [0.25, 0.3) is 0 Å². The average molecular weight is 298 g/mol. The number of carbonyl (C=O) groups excluding carboxylic acids is 4. The highest BCUT2D eigenvalue weighted by atomic mass is 16.2. The Hall–Kier alpha value is -2.12. The molecule has 21 heavy (non-hydrogen) atoms. The van der Waals surface area contributed by atoms with E-state index in [0.717, 1.165) is 13.0 Å². The Kier molecular flexibility index (Phi) is 7.20. The molecule has 0 spiro atoms. The van der Waals surface area contributed by atoms with Crippen LogP contribution in [-0.2, 0) is 19.2 Å². The van der Waals surface area contributed by atoms with Gasteiger partial charge in [0.15, 0.2) is 0 Å². The van der Waals surface area contributed by atoms with E-state index in [9.17, 15) is 19.2 Å². The molecule has 8 nitrogen and oxygen atoms in total. The van der Waals surface area contributed by atoms with Crippen molar-refractivity contribution in [3.63, 3.8) is 0 Å². The summed E-state index contributed by atoms with van der Waals surface area (Å²) in [4.78, 5) is 46.5. The molecule has 3 N–H and O–H groups in total. The minimum atomic E-state index is -0.724. The van der Waals surface area contributed by atoms with Crippen LogP contribution in [0.1, 0.15) is 26.2 Å². The Morgan fingerprint density at radius 3 is 2.24 bits per heavy atom. The summed E-state index contributed by atoms with van der Waals surface area (Å²) in [5.41, 5.74) is 0. The van der Waals surface area contributed by atoms with E-state index in [-0.39, 0.29) is 24.9 Å². The molecule has 0 bridgehead atoms. The summed E-state index contributed by atoms with van der Waals surface area (Å²) in [5, 5.41) is 7.40. The third-order valence-corrected chi connectivity index (χ3v) is 3.05. The Balaban J connectivity index is 2.05. The van der Waals surface area contributed by atoms with Gasteiger partial charge >= 0.3 is 11.8 Å². The summed E-state index contributed by atoms with van der Waals surface area (Å²) >= 11 is 0. The van der Waals surface area contributed by atoms with Crippen LogP contribution in [0.4, 0.5) is 0 Å². The zero-order valence-electron chi connectivity index (χ0n) is 12.2. The Labute approximate surface area is 123 Å². The second-order valence-corrected chi connectivity index (χ2v) is 4.83. The van der Waals surface area contributed by atoms with Crippen LogP contribution in [0.25, 0.3) is 0 Å². The molecule has 0 aliphatic carbocycles. The molecular formula is C13H22N4O4. The Bertz CT molecular complexity index is 411. The normalized spacial score (nSPS) is 14.0. The molecule has 0 saturated carbocycles. The van der Waals surface area contributed by atoms with E-state index in [1.807, 2.05) is 0 Å². The van der Waals surface area contributed by atoms with Gasteiger partial charge in [-0.05, 0) is 12.8 Å². The van der Waals surface area contributed by atoms with Crippen LogP contribution in [0, 0.1) is 0 Å². The van der Waals surface area contributed by atoms with Gasteiger partial charge in [-0.1, -0.05) is 0 Å². The van der Waals surface area contributed by atoms with E-state index in [0.29, 0.717) is 25.9 Å². The molecule has 0 unspecified atom stereocenters. The van der Waals surface area contributed by atoms with Crippen molar-refractivity contribution >= 4 is 23.6 Å². The maximum Gasteiger partial charge on any atom is 0.309 e. The van der Waals surface area contributed by atoms with Crippen molar-refractivity contribution in [1.82, 2.24) is 20.9 Å². The molecule has 4 amide bonds. The summed E-state index contributed by atoms with van der Waals surface area (Å²) in [6, 6.07) is 0. The highest BCUT2D eigenvalue weighted by Crippen LogP contribution is 2.09. The van der Waals surface area contributed by atoms with Gasteiger partial charge in [0, 0.05) is 46.1 Å². The molecule has 0 atom stereocenters. The molecule has 1 fully saturated rings. The summed E-state index contributed by atoms with van der Waals surface area (Å²) in [5.74, 6) is -1.47. The van der Waals surface area contributed by atoms with Crippen molar-refractivity contribution in [3.8, 4) is 0 Å². The fraction of sp³-hybridized carbons (Fsp3) is 0.692. The molecule has 0 aromatic heterocycles. The van der Waals surface area contributed by atoms with Crippen molar-refractivity contribution in [3.05, 3.63) is 0 Å². The zero-order valence-corrected chi connectivity index (χ0v) is 12.2. The monoisotopic (exact) mass is 298 g/mol. The largest absolute Gasteiger partial charge is 0.355 e. The van der Waals surface area contributed by atoms with Crippen LogP contribution in [0.15, 0.2) is 0 Å². The van der Waals surface area contributed by atoms with Crippen LogP contribution in [-0.4, -0.2) is 61.3 Å². The van der Waals surface area contributed by atoms with Gasteiger partial charge in [0.05, 0.1) is 0 Å². The number of hydrogen-bond donors (Lipinski definition) is 3. The molecule has 118 valence electrons. The van der Waals surface area contributed by atoms with E-state index in [2.05, 4.69) is 16.0 Å². The quantitative estimate of drug-likeness (QED) is 0.387. The molecule has 0 aromatic rings. The highest BCUT2D eigenvalue weighted by molar-refractivity contribution is 6.35. The van der Waals surface area contributed by atoms with Crippen LogP contribution in [0.2, 0.25) is 0 Å². The van der Waals surface area contributed by atoms with E-state index in [4.69, 9.17) is 0 Å². The smallest absolute Gasteiger partial charge is 0.309 e. The lowest BCUT2D eigenvalue weighted by molar-refractivity contribution is -0.139. The minimum Gasteiger partial charge on any atom is -0.355 e. The van der Waals surface area contributed by atoms with Crippen LogP contribution in [0.3, 0.4) is 0 Å². The molecule has 1 rings (SSSR count). The van der Waals surface area contributed by atoms with Gasteiger partial charge in [-0.3, -0.25) is 19.2 Å². The Morgan fingerprint density at radius 2 is 1.67 bits per heavy atom. The van der Waals surface area contributed by atoms with Gasteiger partial charge in [-0.2, -0.15) is 0 Å². The van der Waals surface area contributed by atoms with Crippen molar-refractivity contribution in [2.75, 3.05) is 32.7 Å². The Morgan fingerprint density at radius 1 is 1.05 bits per heavy atom. The number of likely N-dealkylation sites (tertiary alicyclic amines) is 1. The molecule has 0 radical (unpaired) electrons. The zero-order chi connectivity index (χ0) is 15.7. The third-order valence-electron chi connectivity index (χ3n) is 3.05. The van der Waals surface area contributed by atoms with Gasteiger partial charge in [0.1, 0.15) is 0 Å². The van der Waals surface area contributed by atoms with Crippen molar-refractivity contribution in [1.29, 1.82) is 0 Å². The fourth-order valence-electron chi connectivity index (χ4n) is 1.99. The number of nitrogens with one attached hydrogen (secondary N) is 3. The first-order valence-electron chi connectivity index (χ1n) is 7.09. The van der Waals surface area contributed by atoms with Gasteiger partial charge < -0.3 is 20.9 Å². The van der Waals surface area contributed by atoms with E-state index < -0.39 is 11.8 Å². The highest BCUT2D eigenvalue weighted by Gasteiger charge is 2.19. The van der Waals surface area contributed by atoms with Crippen LogP contribution >= 0.6 is 0 Å². The average Bonchev–Trinajstić information content (AvgIpc) is 2.84. The van der Waals surface area contributed by atoms with Gasteiger partial charge in [-0.25, -0.2) is 0 Å². The number of nitrogens with zero attached hydrogens (tertiary/aromatic N) is 1. The first kappa shape index (κ1) is 16.9. The maximum atomic E-state index is 11.4. The first-order chi connectivity index (χ1) is 10.0. The van der Waals surface area contributed by atoms with Crippen molar-refractivity contribution in [2.45, 2.75) is 26.2 Å². The van der Waals surface area contributed by atoms with E-state index >= 15 is 0 Å². The third kappa shape index (κ3) is 6.73. The summed E-state index contributed by atoms with van der Waals surface area (Å²) in [7, 11) is 0. The molecule has 1 saturated heterocycles. The number of amides is 4. The second kappa shape index (κ2) is 8.93. The van der Waals surface area contributed by atoms with Crippen LogP contribution in [0.5, 0.6) is 0 Å². The molecule has 1 aliphatic rings. The van der Waals surface area contributed by atoms with E-state index in [1.54, 1.807) is 4.90 Å². The maximum absolute atomic E-state index is 11.4. The first-order valence-corrected chi connectivity index (χ1v) is 7.09. The number of carbonyl (C=O) groups is 4. The lowest BCUT2D eigenvalue weighted by Gasteiger charge is -2.15. The van der Waals surface area contributed by atoms with Crippen molar-refractivity contribution < 1.29 is 19.2 Å². The molecular weight excluding hydrogens is 276 g/mol. The molecule has 8 heteroatoms. The standard InChI is InChI=1S/C13H22N4O4/c1-10(18)14-6-7-16-13(21)12(20)15-5-3-9-17-8-2-4-11(17)19/h2-9H2,1H3,(H,14,18)(H,15,20)(H,16,21). The lowest BCUT2D eigenvalue weighted by atomic mass is 10.3. The molecule has 0 aromatic carbocycles. The number of rotatable bonds is 7. The number of hydrogen-bond acceptors (Lipinski definition) is 4. The SMILES string of the molecule is CC(=O)NCCNC(=O)C(=O)NCCCN1CCCC1=O. The van der Waals surface area contributed by atoms with Crippen molar-refractivity contribution in [2.24, 2.45) is 0 Å². The lowest BCUT2D eigenvalue weighted by Crippen LogP contribution is -2.43. The molecule has 1 heterocycles. The fourth-order valence-corrected chi connectivity index (χ4v) is 1.99. The van der Waals surface area contributed by atoms with Crippen LogP contribution < -0.4 is 16.0 Å². The summed E-state index contributed by atoms with van der Waals surface area (Å²) < 4.78 is 0. The topological polar surface area (TPSA) is 108 Å².